The normalized spacial score (nSPS) is 11.5. The summed E-state index contributed by atoms with van der Waals surface area (Å²) in [5, 5.41) is 3.15. The molecule has 0 aliphatic rings. The number of carbonyl (C=O) groups is 1. The molecule has 0 fully saturated rings. The first kappa shape index (κ1) is 14.1. The lowest BCUT2D eigenvalue weighted by atomic mass is 10.2. The first-order chi connectivity index (χ1) is 7.26. The molecule has 4 heteroatoms. The predicted octanol–water partition coefficient (Wildman–Crippen LogP) is 1.12. The third-order valence-electron chi connectivity index (χ3n) is 1.95. The third kappa shape index (κ3) is 7.11. The summed E-state index contributed by atoms with van der Waals surface area (Å²) in [4.78, 5) is 11.2. The molecule has 0 heterocycles. The summed E-state index contributed by atoms with van der Waals surface area (Å²) in [6.45, 7) is 6.80. The van der Waals surface area contributed by atoms with Crippen molar-refractivity contribution < 1.29 is 14.3 Å². The van der Waals surface area contributed by atoms with E-state index >= 15 is 0 Å². The van der Waals surface area contributed by atoms with Crippen molar-refractivity contribution in [2.75, 3.05) is 33.4 Å². The number of esters is 1. The van der Waals surface area contributed by atoms with E-state index in [0.29, 0.717) is 25.1 Å². The molecule has 1 N–H and O–H groups in total. The van der Waals surface area contributed by atoms with Crippen LogP contribution in [-0.4, -0.2) is 39.4 Å². The van der Waals surface area contributed by atoms with Gasteiger partial charge in [-0.1, -0.05) is 13.0 Å². The summed E-state index contributed by atoms with van der Waals surface area (Å²) in [5.41, 5.74) is 0.710. The van der Waals surface area contributed by atoms with Crippen LogP contribution in [0.2, 0.25) is 0 Å². The van der Waals surface area contributed by atoms with Gasteiger partial charge >= 0.3 is 5.97 Å². The second-order valence-corrected chi connectivity index (χ2v) is 2.98. The van der Waals surface area contributed by atoms with E-state index in [-0.39, 0.29) is 5.97 Å². The zero-order valence-electron chi connectivity index (χ0n) is 9.84. The topological polar surface area (TPSA) is 47.6 Å². The predicted molar refractivity (Wildman–Crippen MR) is 59.8 cm³/mol. The quantitative estimate of drug-likeness (QED) is 0.374. The average molecular weight is 215 g/mol. The zero-order valence-corrected chi connectivity index (χ0v) is 9.84. The minimum Gasteiger partial charge on any atom is -0.466 e. The number of ether oxygens (including phenoxy) is 2. The van der Waals surface area contributed by atoms with E-state index in [0.717, 1.165) is 13.2 Å². The molecule has 0 atom stereocenters. The third-order valence-corrected chi connectivity index (χ3v) is 1.95. The summed E-state index contributed by atoms with van der Waals surface area (Å²) >= 11 is 0. The van der Waals surface area contributed by atoms with Crippen LogP contribution in [0.1, 0.15) is 20.3 Å². The first-order valence-corrected chi connectivity index (χ1v) is 5.32. The lowest BCUT2D eigenvalue weighted by Gasteiger charge is -2.04. The number of rotatable bonds is 8. The van der Waals surface area contributed by atoms with E-state index < -0.39 is 0 Å². The highest BCUT2D eigenvalue weighted by Crippen LogP contribution is 2.01. The molecule has 0 amide bonds. The van der Waals surface area contributed by atoms with Gasteiger partial charge in [-0.15, -0.1) is 0 Å². The Morgan fingerprint density at radius 2 is 2.13 bits per heavy atom. The van der Waals surface area contributed by atoms with Gasteiger partial charge in [0.25, 0.3) is 0 Å². The molecule has 0 rings (SSSR count). The number of nitrogens with one attached hydrogen (secondary N) is 1. The van der Waals surface area contributed by atoms with Crippen molar-refractivity contribution in [2.24, 2.45) is 0 Å². The van der Waals surface area contributed by atoms with E-state index in [2.05, 4.69) is 10.1 Å². The summed E-state index contributed by atoms with van der Waals surface area (Å²) in [5.74, 6) is -0.246. The van der Waals surface area contributed by atoms with E-state index in [4.69, 9.17) is 4.74 Å². The molecule has 88 valence electrons. The van der Waals surface area contributed by atoms with Crippen LogP contribution in [-0.2, 0) is 14.3 Å². The van der Waals surface area contributed by atoms with Gasteiger partial charge in [-0.25, -0.2) is 4.79 Å². The van der Waals surface area contributed by atoms with Crippen LogP contribution in [0.15, 0.2) is 11.6 Å². The highest BCUT2D eigenvalue weighted by atomic mass is 16.5. The molecule has 0 saturated carbocycles. The molecular formula is C11H21NO3. The monoisotopic (exact) mass is 215 g/mol. The molecule has 0 radical (unpaired) electrons. The molecule has 4 nitrogen and oxygen atoms in total. The van der Waals surface area contributed by atoms with Gasteiger partial charge in [-0.05, 0) is 13.3 Å². The molecule has 15 heavy (non-hydrogen) atoms. The van der Waals surface area contributed by atoms with E-state index in [1.807, 2.05) is 19.9 Å². The van der Waals surface area contributed by atoms with Crippen molar-refractivity contribution in [2.45, 2.75) is 20.3 Å². The Bertz CT molecular complexity index is 202. The fourth-order valence-electron chi connectivity index (χ4n) is 1.09. The van der Waals surface area contributed by atoms with Gasteiger partial charge in [0.05, 0.1) is 13.7 Å². The molecular weight excluding hydrogens is 194 g/mol. The van der Waals surface area contributed by atoms with Crippen molar-refractivity contribution in [3.8, 4) is 0 Å². The summed E-state index contributed by atoms with van der Waals surface area (Å²) in [7, 11) is 1.40. The van der Waals surface area contributed by atoms with Gasteiger partial charge in [-0.2, -0.15) is 0 Å². The Balaban J connectivity index is 3.67. The Morgan fingerprint density at radius 1 is 1.40 bits per heavy atom. The van der Waals surface area contributed by atoms with Crippen molar-refractivity contribution in [1.82, 2.24) is 5.32 Å². The Morgan fingerprint density at radius 3 is 2.67 bits per heavy atom. The average Bonchev–Trinajstić information content (AvgIpc) is 2.27. The molecule has 0 aliphatic heterocycles. The van der Waals surface area contributed by atoms with Crippen molar-refractivity contribution in [3.05, 3.63) is 11.6 Å². The lowest BCUT2D eigenvalue weighted by molar-refractivity contribution is -0.136. The summed E-state index contributed by atoms with van der Waals surface area (Å²) in [6, 6.07) is 0. The van der Waals surface area contributed by atoms with Crippen LogP contribution in [0.5, 0.6) is 0 Å². The minimum atomic E-state index is -0.246. The number of carbonyl (C=O) groups excluding carboxylic acids is 1. The largest absolute Gasteiger partial charge is 0.466 e. The van der Waals surface area contributed by atoms with Crippen molar-refractivity contribution in [1.29, 1.82) is 0 Å². The van der Waals surface area contributed by atoms with Gasteiger partial charge < -0.3 is 14.8 Å². The molecule has 0 bridgehead atoms. The maximum absolute atomic E-state index is 11.2. The van der Waals surface area contributed by atoms with Crippen LogP contribution in [0, 0.1) is 0 Å². The molecule has 0 aromatic rings. The molecule has 0 unspecified atom stereocenters. The second kappa shape index (κ2) is 9.68. The van der Waals surface area contributed by atoms with Crippen molar-refractivity contribution in [3.63, 3.8) is 0 Å². The van der Waals surface area contributed by atoms with Gasteiger partial charge in [-0.3, -0.25) is 0 Å². The Labute approximate surface area is 91.6 Å². The minimum absolute atomic E-state index is 0.246. The lowest BCUT2D eigenvalue weighted by Crippen LogP contribution is -2.20. The van der Waals surface area contributed by atoms with Gasteiger partial charge in [0.15, 0.2) is 0 Å². The highest BCUT2D eigenvalue weighted by molar-refractivity contribution is 5.88. The number of methoxy groups -OCH3 is 1. The molecule has 0 spiro atoms. The SMILES string of the molecule is CCOCCNC/C=C(/CC)C(=O)OC. The smallest absolute Gasteiger partial charge is 0.333 e. The van der Waals surface area contributed by atoms with Gasteiger partial charge in [0, 0.05) is 25.3 Å². The maximum Gasteiger partial charge on any atom is 0.333 e. The maximum atomic E-state index is 11.2. The van der Waals surface area contributed by atoms with Crippen LogP contribution in [0.25, 0.3) is 0 Å². The molecule has 0 aliphatic carbocycles. The van der Waals surface area contributed by atoms with Crippen molar-refractivity contribution >= 4 is 5.97 Å². The fraction of sp³-hybridized carbons (Fsp3) is 0.727. The first-order valence-electron chi connectivity index (χ1n) is 5.32. The summed E-state index contributed by atoms with van der Waals surface area (Å²) < 4.78 is 9.80. The highest BCUT2D eigenvalue weighted by Gasteiger charge is 2.05. The molecule has 0 aromatic heterocycles. The zero-order chi connectivity index (χ0) is 11.5. The van der Waals surface area contributed by atoms with Gasteiger partial charge in [0.1, 0.15) is 0 Å². The van der Waals surface area contributed by atoms with E-state index in [9.17, 15) is 4.79 Å². The van der Waals surface area contributed by atoms with E-state index in [1.165, 1.54) is 7.11 Å². The Kier molecular flexibility index (Phi) is 9.11. The number of hydrogen-bond donors (Lipinski definition) is 1. The molecule has 0 saturated heterocycles. The number of hydrogen-bond acceptors (Lipinski definition) is 4. The standard InChI is InChI=1S/C11H21NO3/c1-4-10(11(13)14-3)6-7-12-8-9-15-5-2/h6,12H,4-5,7-9H2,1-3H3/b10-6-. The summed E-state index contributed by atoms with van der Waals surface area (Å²) in [6.07, 6.45) is 2.55. The van der Waals surface area contributed by atoms with Crippen LogP contribution in [0.3, 0.4) is 0 Å². The Hall–Kier alpha value is -0.870. The molecule has 0 aromatic carbocycles. The van der Waals surface area contributed by atoms with Crippen LogP contribution >= 0.6 is 0 Å². The van der Waals surface area contributed by atoms with Gasteiger partial charge in [0.2, 0.25) is 0 Å². The second-order valence-electron chi connectivity index (χ2n) is 2.98. The fourth-order valence-corrected chi connectivity index (χ4v) is 1.09. The van der Waals surface area contributed by atoms with E-state index in [1.54, 1.807) is 0 Å². The van der Waals surface area contributed by atoms with Crippen LogP contribution in [0.4, 0.5) is 0 Å². The van der Waals surface area contributed by atoms with Crippen LogP contribution < -0.4 is 5.32 Å².